The Morgan fingerprint density at radius 2 is 2.05 bits per heavy atom. The zero-order valence-electron chi connectivity index (χ0n) is 12.6. The Labute approximate surface area is 124 Å². The molecule has 0 radical (unpaired) electrons. The molecule has 0 bridgehead atoms. The van der Waals surface area contributed by atoms with Crippen LogP contribution in [0.5, 0.6) is 0 Å². The fraction of sp³-hybridized carbons (Fsp3) is 0.533. The van der Waals surface area contributed by atoms with Gasteiger partial charge < -0.3 is 10.6 Å². The predicted molar refractivity (Wildman–Crippen MR) is 81.5 cm³/mol. The Hall–Kier alpha value is -2.11. The van der Waals surface area contributed by atoms with Gasteiger partial charge in [-0.05, 0) is 36.8 Å². The van der Waals surface area contributed by atoms with Crippen LogP contribution in [0.1, 0.15) is 37.0 Å². The van der Waals surface area contributed by atoms with Crippen LogP contribution in [0.3, 0.4) is 0 Å². The smallest absolute Gasteiger partial charge is 0.305 e. The summed E-state index contributed by atoms with van der Waals surface area (Å²) in [5.41, 5.74) is 0.287. The van der Waals surface area contributed by atoms with Gasteiger partial charge in [0.05, 0.1) is 4.92 Å². The second-order valence-electron chi connectivity index (χ2n) is 5.70. The van der Waals surface area contributed by atoms with Crippen molar-refractivity contribution in [3.8, 4) is 0 Å². The van der Waals surface area contributed by atoms with E-state index < -0.39 is 4.92 Å². The molecule has 114 valence electrons. The monoisotopic (exact) mass is 291 g/mol. The fourth-order valence-corrected chi connectivity index (χ4v) is 2.94. The predicted octanol–water partition coefficient (Wildman–Crippen LogP) is 2.80. The maximum atomic E-state index is 12.4. The molecule has 2 rings (SSSR count). The molecule has 21 heavy (non-hydrogen) atoms. The van der Waals surface area contributed by atoms with Gasteiger partial charge in [0.25, 0.3) is 5.91 Å². The maximum Gasteiger partial charge on any atom is 0.305 e. The quantitative estimate of drug-likeness (QED) is 0.660. The number of anilines is 1. The SMILES string of the molecule is CNc1cccc(C(=O)NC2CCC(C)C2C)c1[N+](=O)[O-]. The lowest BCUT2D eigenvalue weighted by molar-refractivity contribution is -0.384. The molecule has 0 spiro atoms. The number of carbonyl (C=O) groups excluding carboxylic acids is 1. The highest BCUT2D eigenvalue weighted by Gasteiger charge is 2.32. The minimum absolute atomic E-state index is 0.0883. The number of nitrogens with one attached hydrogen (secondary N) is 2. The highest BCUT2D eigenvalue weighted by atomic mass is 16.6. The first kappa shape index (κ1) is 15.3. The van der Waals surface area contributed by atoms with Crippen LogP contribution in [0.4, 0.5) is 11.4 Å². The standard InChI is InChI=1S/C15H21N3O3/c1-9-7-8-12(10(9)2)17-15(19)11-5-4-6-13(16-3)14(11)18(20)21/h4-6,9-10,12,16H,7-8H2,1-3H3,(H,17,19). The minimum atomic E-state index is -0.512. The fourth-order valence-electron chi connectivity index (χ4n) is 2.94. The van der Waals surface area contributed by atoms with E-state index in [9.17, 15) is 14.9 Å². The number of amides is 1. The summed E-state index contributed by atoms with van der Waals surface area (Å²) in [4.78, 5) is 23.1. The van der Waals surface area contributed by atoms with Gasteiger partial charge >= 0.3 is 5.69 Å². The molecule has 1 aromatic rings. The van der Waals surface area contributed by atoms with Gasteiger partial charge in [-0.3, -0.25) is 14.9 Å². The van der Waals surface area contributed by atoms with Crippen molar-refractivity contribution in [2.24, 2.45) is 11.8 Å². The molecule has 1 aliphatic carbocycles. The molecule has 6 heteroatoms. The Morgan fingerprint density at radius 1 is 1.33 bits per heavy atom. The van der Waals surface area contributed by atoms with Crippen LogP contribution in [0.25, 0.3) is 0 Å². The molecule has 2 N–H and O–H groups in total. The van der Waals surface area contributed by atoms with Gasteiger partial charge in [0.2, 0.25) is 0 Å². The Morgan fingerprint density at radius 3 is 2.57 bits per heavy atom. The highest BCUT2D eigenvalue weighted by molar-refractivity contribution is 6.00. The van der Waals surface area contributed by atoms with Gasteiger partial charge in [-0.2, -0.15) is 0 Å². The number of benzene rings is 1. The minimum Gasteiger partial charge on any atom is -0.383 e. The van der Waals surface area contributed by atoms with Crippen molar-refractivity contribution in [1.29, 1.82) is 0 Å². The van der Waals surface area contributed by atoms with Crippen molar-refractivity contribution < 1.29 is 9.72 Å². The number of hydrogen-bond donors (Lipinski definition) is 2. The molecule has 0 saturated heterocycles. The summed E-state index contributed by atoms with van der Waals surface area (Å²) in [5, 5.41) is 17.0. The van der Waals surface area contributed by atoms with E-state index in [1.807, 2.05) is 0 Å². The molecule has 0 heterocycles. The van der Waals surface area contributed by atoms with E-state index in [0.29, 0.717) is 17.5 Å². The van der Waals surface area contributed by atoms with Crippen molar-refractivity contribution in [2.75, 3.05) is 12.4 Å². The van der Waals surface area contributed by atoms with Crippen LogP contribution in [-0.2, 0) is 0 Å². The van der Waals surface area contributed by atoms with E-state index in [4.69, 9.17) is 0 Å². The van der Waals surface area contributed by atoms with Gasteiger partial charge in [0, 0.05) is 13.1 Å². The molecule has 1 amide bonds. The molecule has 0 aliphatic heterocycles. The highest BCUT2D eigenvalue weighted by Crippen LogP contribution is 2.32. The average Bonchev–Trinajstić information content (AvgIpc) is 2.78. The largest absolute Gasteiger partial charge is 0.383 e. The van der Waals surface area contributed by atoms with Gasteiger partial charge in [-0.15, -0.1) is 0 Å². The van der Waals surface area contributed by atoms with E-state index in [0.717, 1.165) is 12.8 Å². The van der Waals surface area contributed by atoms with Gasteiger partial charge in [-0.25, -0.2) is 0 Å². The Bertz CT molecular complexity index is 559. The van der Waals surface area contributed by atoms with Crippen LogP contribution in [-0.4, -0.2) is 23.9 Å². The second-order valence-corrected chi connectivity index (χ2v) is 5.70. The third kappa shape index (κ3) is 2.99. The van der Waals surface area contributed by atoms with Gasteiger partial charge in [-0.1, -0.05) is 19.9 Å². The summed E-state index contributed by atoms with van der Waals surface area (Å²) in [6, 6.07) is 4.83. The van der Waals surface area contributed by atoms with Gasteiger partial charge in [0.15, 0.2) is 0 Å². The van der Waals surface area contributed by atoms with E-state index in [1.165, 1.54) is 6.07 Å². The maximum absolute atomic E-state index is 12.4. The number of para-hydroxylation sites is 1. The lowest BCUT2D eigenvalue weighted by Crippen LogP contribution is -2.37. The number of hydrogen-bond acceptors (Lipinski definition) is 4. The van der Waals surface area contributed by atoms with Crippen molar-refractivity contribution in [3.05, 3.63) is 33.9 Å². The third-order valence-electron chi connectivity index (χ3n) is 4.51. The van der Waals surface area contributed by atoms with Crippen LogP contribution in [0.15, 0.2) is 18.2 Å². The summed E-state index contributed by atoms with van der Waals surface area (Å²) < 4.78 is 0. The number of rotatable bonds is 4. The molecule has 1 fully saturated rings. The number of nitrogens with zero attached hydrogens (tertiary/aromatic N) is 1. The lowest BCUT2D eigenvalue weighted by Gasteiger charge is -2.19. The normalized spacial score (nSPS) is 24.6. The van der Waals surface area contributed by atoms with Crippen LogP contribution in [0, 0.1) is 22.0 Å². The summed E-state index contributed by atoms with van der Waals surface area (Å²) in [6.07, 6.45) is 2.00. The zero-order chi connectivity index (χ0) is 15.6. The zero-order valence-corrected chi connectivity index (χ0v) is 12.6. The summed E-state index contributed by atoms with van der Waals surface area (Å²) in [6.45, 7) is 4.28. The number of nitro benzene ring substituents is 1. The molecule has 6 nitrogen and oxygen atoms in total. The van der Waals surface area contributed by atoms with Crippen LogP contribution >= 0.6 is 0 Å². The lowest BCUT2D eigenvalue weighted by atomic mass is 9.97. The topological polar surface area (TPSA) is 84.3 Å². The first-order chi connectivity index (χ1) is 9.95. The Kier molecular flexibility index (Phi) is 4.45. The van der Waals surface area contributed by atoms with E-state index >= 15 is 0 Å². The molecule has 1 aromatic carbocycles. The molecule has 0 aromatic heterocycles. The summed E-state index contributed by atoms with van der Waals surface area (Å²) in [5.74, 6) is 0.583. The first-order valence-corrected chi connectivity index (χ1v) is 7.21. The third-order valence-corrected chi connectivity index (χ3v) is 4.51. The number of nitro groups is 1. The molecule has 1 saturated carbocycles. The summed E-state index contributed by atoms with van der Waals surface area (Å²) in [7, 11) is 1.60. The van der Waals surface area contributed by atoms with E-state index in [1.54, 1.807) is 19.2 Å². The molecule has 1 aliphatic rings. The van der Waals surface area contributed by atoms with Crippen molar-refractivity contribution in [2.45, 2.75) is 32.7 Å². The van der Waals surface area contributed by atoms with E-state index in [-0.39, 0.29) is 23.2 Å². The van der Waals surface area contributed by atoms with Crippen molar-refractivity contribution in [3.63, 3.8) is 0 Å². The van der Waals surface area contributed by atoms with Crippen LogP contribution in [0.2, 0.25) is 0 Å². The second kappa shape index (κ2) is 6.11. The van der Waals surface area contributed by atoms with E-state index in [2.05, 4.69) is 24.5 Å². The first-order valence-electron chi connectivity index (χ1n) is 7.21. The van der Waals surface area contributed by atoms with Crippen LogP contribution < -0.4 is 10.6 Å². The summed E-state index contributed by atoms with van der Waals surface area (Å²) >= 11 is 0. The van der Waals surface area contributed by atoms with Gasteiger partial charge in [0.1, 0.15) is 11.3 Å². The molecule has 3 atom stereocenters. The average molecular weight is 291 g/mol. The molecule has 3 unspecified atom stereocenters. The van der Waals surface area contributed by atoms with Crippen molar-refractivity contribution in [1.82, 2.24) is 5.32 Å². The molecular weight excluding hydrogens is 270 g/mol. The molecular formula is C15H21N3O3. The van der Waals surface area contributed by atoms with Crippen molar-refractivity contribution >= 4 is 17.3 Å². The number of carbonyl (C=O) groups is 1. The Balaban J connectivity index is 2.25.